The van der Waals surface area contributed by atoms with E-state index in [4.69, 9.17) is 9.47 Å². The standard InChI is InChI=1S/2C11H20O2.C3H5NO/c2*1-4-7-8-10(5-2)9-13-11(12)6-3;1-2-3(4)5/h2*6,10H,3-5,7-9H2,1-2H3;2H,1H2,(H2,4,5). The zero-order valence-corrected chi connectivity index (χ0v) is 20.2. The van der Waals surface area contributed by atoms with Gasteiger partial charge in [0.2, 0.25) is 5.91 Å². The SMILES string of the molecule is C=CC(=O)OCC(CC)CCCC.C=CC(=O)OCC(CC)CCCC.C=CC(N)=O. The van der Waals surface area contributed by atoms with E-state index in [0.717, 1.165) is 31.8 Å². The number of ether oxygens (including phenoxy) is 2. The molecule has 0 saturated carbocycles. The Kier molecular flexibility index (Phi) is 27.5. The number of unbranched alkanes of at least 4 members (excludes halogenated alkanes) is 2. The van der Waals surface area contributed by atoms with Crippen molar-refractivity contribution in [1.82, 2.24) is 0 Å². The van der Waals surface area contributed by atoms with Crippen molar-refractivity contribution in [2.24, 2.45) is 17.6 Å². The molecule has 0 aliphatic rings. The van der Waals surface area contributed by atoms with Crippen molar-refractivity contribution < 1.29 is 23.9 Å². The summed E-state index contributed by atoms with van der Waals surface area (Å²) in [4.78, 5) is 31.0. The molecule has 6 nitrogen and oxygen atoms in total. The quantitative estimate of drug-likeness (QED) is 0.268. The summed E-state index contributed by atoms with van der Waals surface area (Å²) in [5.74, 6) is -0.0670. The van der Waals surface area contributed by atoms with Crippen molar-refractivity contribution in [1.29, 1.82) is 0 Å². The first-order valence-corrected chi connectivity index (χ1v) is 11.3. The molecule has 0 spiro atoms. The van der Waals surface area contributed by atoms with Crippen LogP contribution in [0.2, 0.25) is 0 Å². The summed E-state index contributed by atoms with van der Waals surface area (Å²) in [7, 11) is 0. The number of nitrogens with two attached hydrogens (primary N) is 1. The molecule has 0 aliphatic heterocycles. The number of esters is 2. The van der Waals surface area contributed by atoms with Crippen molar-refractivity contribution in [3.63, 3.8) is 0 Å². The van der Waals surface area contributed by atoms with Gasteiger partial charge in [0.1, 0.15) is 0 Å². The fraction of sp³-hybridized carbons (Fsp3) is 0.640. The molecule has 0 fully saturated rings. The van der Waals surface area contributed by atoms with Crippen LogP contribution in [0.25, 0.3) is 0 Å². The van der Waals surface area contributed by atoms with Crippen molar-refractivity contribution in [2.45, 2.75) is 79.1 Å². The van der Waals surface area contributed by atoms with Gasteiger partial charge in [-0.1, -0.05) is 86.0 Å². The zero-order valence-electron chi connectivity index (χ0n) is 20.2. The largest absolute Gasteiger partial charge is 0.462 e. The lowest BCUT2D eigenvalue weighted by Crippen LogP contribution is -2.12. The summed E-state index contributed by atoms with van der Waals surface area (Å²) in [6, 6.07) is 0. The molecule has 0 bridgehead atoms. The normalized spacial score (nSPS) is 11.2. The molecule has 0 saturated heterocycles. The molecule has 2 unspecified atom stereocenters. The molecular formula is C25H45NO5. The number of rotatable bonds is 15. The topological polar surface area (TPSA) is 95.7 Å². The molecule has 0 aliphatic carbocycles. The molecule has 6 heteroatoms. The van der Waals surface area contributed by atoms with E-state index in [9.17, 15) is 14.4 Å². The van der Waals surface area contributed by atoms with Crippen LogP contribution in [0, 0.1) is 11.8 Å². The Morgan fingerprint density at radius 2 is 1.06 bits per heavy atom. The summed E-state index contributed by atoms with van der Waals surface area (Å²) in [6.07, 6.45) is 12.8. The highest BCUT2D eigenvalue weighted by molar-refractivity contribution is 5.85. The predicted molar refractivity (Wildman–Crippen MR) is 128 cm³/mol. The maximum absolute atomic E-state index is 10.8. The third kappa shape index (κ3) is 27.6. The van der Waals surface area contributed by atoms with Gasteiger partial charge in [0.25, 0.3) is 0 Å². The number of carbonyl (C=O) groups is 3. The van der Waals surface area contributed by atoms with E-state index in [1.807, 2.05) is 0 Å². The fourth-order valence-corrected chi connectivity index (χ4v) is 2.31. The minimum atomic E-state index is -0.481. The molecule has 180 valence electrons. The summed E-state index contributed by atoms with van der Waals surface area (Å²) in [5, 5.41) is 0. The fourth-order valence-electron chi connectivity index (χ4n) is 2.31. The molecule has 0 radical (unpaired) electrons. The molecular weight excluding hydrogens is 394 g/mol. The van der Waals surface area contributed by atoms with Crippen molar-refractivity contribution >= 4 is 17.8 Å². The predicted octanol–water partition coefficient (Wildman–Crippen LogP) is 5.52. The number of primary amides is 1. The Bertz CT molecular complexity index is 466. The van der Waals surface area contributed by atoms with Crippen molar-refractivity contribution in [3.05, 3.63) is 38.0 Å². The molecule has 31 heavy (non-hydrogen) atoms. The lowest BCUT2D eigenvalue weighted by molar-refractivity contribution is -0.140. The molecule has 2 N–H and O–H groups in total. The van der Waals surface area contributed by atoms with Crippen LogP contribution in [0.15, 0.2) is 38.0 Å². The number of carbonyl (C=O) groups excluding carboxylic acids is 3. The zero-order chi connectivity index (χ0) is 24.5. The van der Waals surface area contributed by atoms with E-state index in [-0.39, 0.29) is 11.9 Å². The lowest BCUT2D eigenvalue weighted by Gasteiger charge is -2.13. The van der Waals surface area contributed by atoms with Crippen LogP contribution in [0.5, 0.6) is 0 Å². The van der Waals surface area contributed by atoms with Gasteiger partial charge in [0.05, 0.1) is 13.2 Å². The summed E-state index contributed by atoms with van der Waals surface area (Å²) >= 11 is 0. The van der Waals surface area contributed by atoms with E-state index < -0.39 is 5.91 Å². The average Bonchev–Trinajstić information content (AvgIpc) is 2.79. The van der Waals surface area contributed by atoms with E-state index >= 15 is 0 Å². The molecule has 2 atom stereocenters. The minimum absolute atomic E-state index is 0.310. The summed E-state index contributed by atoms with van der Waals surface area (Å²) in [6.45, 7) is 19.5. The Balaban J connectivity index is -0.000000416. The minimum Gasteiger partial charge on any atom is -0.462 e. The maximum Gasteiger partial charge on any atom is 0.330 e. The first-order chi connectivity index (χ1) is 14.7. The van der Waals surface area contributed by atoms with E-state index in [1.165, 1.54) is 37.8 Å². The van der Waals surface area contributed by atoms with Crippen LogP contribution >= 0.6 is 0 Å². The second kappa shape index (κ2) is 25.7. The van der Waals surface area contributed by atoms with Gasteiger partial charge in [-0.05, 0) is 30.8 Å². The monoisotopic (exact) mass is 439 g/mol. The highest BCUT2D eigenvalue weighted by Gasteiger charge is 2.08. The Morgan fingerprint density at radius 1 is 0.742 bits per heavy atom. The van der Waals surface area contributed by atoms with Gasteiger partial charge >= 0.3 is 11.9 Å². The first-order valence-electron chi connectivity index (χ1n) is 11.3. The van der Waals surface area contributed by atoms with Crippen LogP contribution in [0.4, 0.5) is 0 Å². The Hall–Kier alpha value is -2.37. The highest BCUT2D eigenvalue weighted by atomic mass is 16.5. The third-order valence-electron chi connectivity index (χ3n) is 4.54. The maximum atomic E-state index is 10.8. The van der Waals surface area contributed by atoms with Gasteiger partial charge in [-0.2, -0.15) is 0 Å². The highest BCUT2D eigenvalue weighted by Crippen LogP contribution is 2.13. The Morgan fingerprint density at radius 3 is 1.26 bits per heavy atom. The van der Waals surface area contributed by atoms with Crippen LogP contribution < -0.4 is 5.73 Å². The Labute approximate surface area is 189 Å². The molecule has 0 aromatic rings. The smallest absolute Gasteiger partial charge is 0.330 e. The van der Waals surface area contributed by atoms with Gasteiger partial charge in [0, 0.05) is 12.2 Å². The molecule has 0 aromatic carbocycles. The van der Waals surface area contributed by atoms with Crippen molar-refractivity contribution in [3.8, 4) is 0 Å². The van der Waals surface area contributed by atoms with Crippen LogP contribution in [0.1, 0.15) is 79.1 Å². The summed E-state index contributed by atoms with van der Waals surface area (Å²) < 4.78 is 9.97. The lowest BCUT2D eigenvalue weighted by atomic mass is 10.0. The van der Waals surface area contributed by atoms with Gasteiger partial charge in [-0.15, -0.1) is 0 Å². The van der Waals surface area contributed by atoms with Gasteiger partial charge in [0.15, 0.2) is 0 Å². The third-order valence-corrected chi connectivity index (χ3v) is 4.54. The first kappa shape index (κ1) is 33.3. The van der Waals surface area contributed by atoms with Crippen LogP contribution in [-0.4, -0.2) is 31.1 Å². The number of hydrogen-bond donors (Lipinski definition) is 1. The molecule has 0 heterocycles. The molecule has 0 rings (SSSR count). The average molecular weight is 440 g/mol. The van der Waals surface area contributed by atoms with E-state index in [2.05, 4.69) is 53.2 Å². The van der Waals surface area contributed by atoms with Crippen molar-refractivity contribution in [2.75, 3.05) is 13.2 Å². The van der Waals surface area contributed by atoms with Gasteiger partial charge in [-0.3, -0.25) is 4.79 Å². The second-order valence-corrected chi connectivity index (χ2v) is 7.11. The van der Waals surface area contributed by atoms with Crippen LogP contribution in [0.3, 0.4) is 0 Å². The number of amides is 1. The summed E-state index contributed by atoms with van der Waals surface area (Å²) in [5.41, 5.74) is 4.53. The molecule has 0 aromatic heterocycles. The molecule has 1 amide bonds. The van der Waals surface area contributed by atoms with Gasteiger partial charge < -0.3 is 15.2 Å². The van der Waals surface area contributed by atoms with E-state index in [1.54, 1.807) is 0 Å². The van der Waals surface area contributed by atoms with Gasteiger partial charge in [-0.25, -0.2) is 9.59 Å². The second-order valence-electron chi connectivity index (χ2n) is 7.11. The van der Waals surface area contributed by atoms with E-state index in [0.29, 0.717) is 25.0 Å². The number of hydrogen-bond acceptors (Lipinski definition) is 5. The van der Waals surface area contributed by atoms with Crippen LogP contribution in [-0.2, 0) is 23.9 Å².